The Morgan fingerprint density at radius 2 is 2.14 bits per heavy atom. The van der Waals surface area contributed by atoms with Crippen LogP contribution in [0.3, 0.4) is 0 Å². The van der Waals surface area contributed by atoms with Gasteiger partial charge in [-0.3, -0.25) is 0 Å². The van der Waals surface area contributed by atoms with Crippen molar-refractivity contribution in [3.63, 3.8) is 0 Å². The number of thiophene rings is 1. The first-order valence-corrected chi connectivity index (χ1v) is 8.60. The molecule has 4 nitrogen and oxygen atoms in total. The summed E-state index contributed by atoms with van der Waals surface area (Å²) in [6.07, 6.45) is 2.79. The van der Waals surface area contributed by atoms with Gasteiger partial charge >= 0.3 is 0 Å². The van der Waals surface area contributed by atoms with Crippen molar-refractivity contribution in [2.24, 2.45) is 5.92 Å². The highest BCUT2D eigenvalue weighted by Crippen LogP contribution is 2.33. The number of aryl methyl sites for hydroxylation is 1. The first-order valence-electron chi connectivity index (χ1n) is 7.78. The average molecular weight is 304 g/mol. The van der Waals surface area contributed by atoms with Crippen LogP contribution in [0.4, 0.5) is 5.82 Å². The number of fused-ring (bicyclic) bond motifs is 1. The molecule has 0 saturated carbocycles. The molecule has 0 aliphatic carbocycles. The van der Waals surface area contributed by atoms with Gasteiger partial charge in [0.15, 0.2) is 0 Å². The van der Waals surface area contributed by atoms with Gasteiger partial charge in [0.1, 0.15) is 17.0 Å². The van der Waals surface area contributed by atoms with Crippen molar-refractivity contribution in [1.82, 2.24) is 14.9 Å². The number of hydrogen-bond donors (Lipinski definition) is 0. The molecule has 0 radical (unpaired) electrons. The predicted molar refractivity (Wildman–Crippen MR) is 90.3 cm³/mol. The van der Waals surface area contributed by atoms with Crippen molar-refractivity contribution in [3.05, 3.63) is 17.3 Å². The second-order valence-electron chi connectivity index (χ2n) is 6.25. The normalized spacial score (nSPS) is 20.6. The summed E-state index contributed by atoms with van der Waals surface area (Å²) in [4.78, 5) is 16.5. The molecule has 3 rings (SSSR count). The molecule has 1 atom stereocenters. The maximum absolute atomic E-state index is 4.64. The standard InChI is InChI=1S/C16H24N4S/c1-5-12-8-13-15(17-10-18-16(13)21-12)20-7-6-19(4)9-14(20)11(2)3/h8,10-11,14H,5-7,9H2,1-4H3. The third kappa shape index (κ3) is 2.77. The molecule has 2 aromatic rings. The molecule has 5 heteroatoms. The van der Waals surface area contributed by atoms with Crippen molar-refractivity contribution < 1.29 is 0 Å². The number of piperazine rings is 1. The lowest BCUT2D eigenvalue weighted by atomic mass is 9.99. The Labute approximate surface area is 130 Å². The summed E-state index contributed by atoms with van der Waals surface area (Å²) in [6.45, 7) is 10.1. The van der Waals surface area contributed by atoms with E-state index in [-0.39, 0.29) is 0 Å². The first-order chi connectivity index (χ1) is 10.1. The topological polar surface area (TPSA) is 32.3 Å². The number of likely N-dealkylation sites (N-methyl/N-ethyl adjacent to an activating group) is 1. The molecule has 1 aliphatic rings. The summed E-state index contributed by atoms with van der Waals surface area (Å²) in [5.41, 5.74) is 0. The molecular formula is C16H24N4S. The number of rotatable bonds is 3. The Balaban J connectivity index is 2.03. The minimum atomic E-state index is 0.520. The Morgan fingerprint density at radius 1 is 1.33 bits per heavy atom. The van der Waals surface area contributed by atoms with Crippen LogP contribution in [-0.2, 0) is 6.42 Å². The van der Waals surface area contributed by atoms with E-state index in [9.17, 15) is 0 Å². The molecule has 1 saturated heterocycles. The second-order valence-corrected chi connectivity index (χ2v) is 7.36. The smallest absolute Gasteiger partial charge is 0.141 e. The van der Waals surface area contributed by atoms with Crippen LogP contribution in [-0.4, -0.2) is 47.6 Å². The summed E-state index contributed by atoms with van der Waals surface area (Å²) in [5.74, 6) is 1.74. The van der Waals surface area contributed by atoms with Gasteiger partial charge in [0.2, 0.25) is 0 Å². The van der Waals surface area contributed by atoms with E-state index in [4.69, 9.17) is 0 Å². The van der Waals surface area contributed by atoms with Crippen LogP contribution in [0.1, 0.15) is 25.6 Å². The van der Waals surface area contributed by atoms with Gasteiger partial charge in [0.25, 0.3) is 0 Å². The monoisotopic (exact) mass is 304 g/mol. The summed E-state index contributed by atoms with van der Waals surface area (Å²) in [6, 6.07) is 2.80. The number of anilines is 1. The van der Waals surface area contributed by atoms with Crippen LogP contribution in [0.25, 0.3) is 10.2 Å². The SMILES string of the molecule is CCc1cc2c(N3CCN(C)CC3C(C)C)ncnc2s1. The summed E-state index contributed by atoms with van der Waals surface area (Å²) < 4.78 is 0. The molecule has 0 N–H and O–H groups in total. The van der Waals surface area contributed by atoms with E-state index in [1.165, 1.54) is 10.3 Å². The van der Waals surface area contributed by atoms with Gasteiger partial charge in [-0.2, -0.15) is 0 Å². The van der Waals surface area contributed by atoms with E-state index < -0.39 is 0 Å². The Bertz CT molecular complexity index is 622. The molecule has 0 spiro atoms. The van der Waals surface area contributed by atoms with E-state index in [2.05, 4.69) is 53.7 Å². The lowest BCUT2D eigenvalue weighted by molar-refractivity contribution is 0.236. The van der Waals surface area contributed by atoms with Crippen LogP contribution >= 0.6 is 11.3 Å². The summed E-state index contributed by atoms with van der Waals surface area (Å²) >= 11 is 1.80. The molecule has 1 aliphatic heterocycles. The number of hydrogen-bond acceptors (Lipinski definition) is 5. The molecule has 3 heterocycles. The van der Waals surface area contributed by atoms with E-state index >= 15 is 0 Å². The fourth-order valence-electron chi connectivity index (χ4n) is 3.08. The third-order valence-corrected chi connectivity index (χ3v) is 5.56. The predicted octanol–water partition coefficient (Wildman–Crippen LogP) is 3.03. The van der Waals surface area contributed by atoms with Gasteiger partial charge in [-0.15, -0.1) is 11.3 Å². The highest BCUT2D eigenvalue weighted by Gasteiger charge is 2.30. The number of aromatic nitrogens is 2. The van der Waals surface area contributed by atoms with Crippen LogP contribution in [0, 0.1) is 5.92 Å². The van der Waals surface area contributed by atoms with Crippen LogP contribution in [0.5, 0.6) is 0 Å². The Morgan fingerprint density at radius 3 is 2.86 bits per heavy atom. The van der Waals surface area contributed by atoms with Gasteiger partial charge < -0.3 is 9.80 Å². The zero-order valence-electron chi connectivity index (χ0n) is 13.3. The van der Waals surface area contributed by atoms with Gasteiger partial charge in [-0.25, -0.2) is 9.97 Å². The van der Waals surface area contributed by atoms with Gasteiger partial charge in [0.05, 0.1) is 5.39 Å². The fraction of sp³-hybridized carbons (Fsp3) is 0.625. The van der Waals surface area contributed by atoms with Crippen molar-refractivity contribution in [1.29, 1.82) is 0 Å². The van der Waals surface area contributed by atoms with E-state index in [1.54, 1.807) is 17.7 Å². The lowest BCUT2D eigenvalue weighted by Crippen LogP contribution is -2.54. The summed E-state index contributed by atoms with van der Waals surface area (Å²) in [5, 5.41) is 1.23. The zero-order valence-corrected chi connectivity index (χ0v) is 14.2. The highest BCUT2D eigenvalue weighted by atomic mass is 32.1. The molecule has 0 bridgehead atoms. The molecule has 0 amide bonds. The molecule has 21 heavy (non-hydrogen) atoms. The Kier molecular flexibility index (Phi) is 4.13. The highest BCUT2D eigenvalue weighted by molar-refractivity contribution is 7.18. The van der Waals surface area contributed by atoms with Crippen LogP contribution < -0.4 is 4.90 Å². The maximum atomic E-state index is 4.64. The molecule has 2 aromatic heterocycles. The largest absolute Gasteiger partial charge is 0.350 e. The molecule has 1 unspecified atom stereocenters. The van der Waals surface area contributed by atoms with E-state index in [0.29, 0.717) is 12.0 Å². The molecular weight excluding hydrogens is 280 g/mol. The minimum absolute atomic E-state index is 0.520. The van der Waals surface area contributed by atoms with Crippen molar-refractivity contribution in [2.45, 2.75) is 33.2 Å². The zero-order chi connectivity index (χ0) is 15.0. The fourth-order valence-corrected chi connectivity index (χ4v) is 4.01. The molecule has 114 valence electrons. The van der Waals surface area contributed by atoms with Gasteiger partial charge in [-0.1, -0.05) is 20.8 Å². The number of nitrogens with zero attached hydrogens (tertiary/aromatic N) is 4. The van der Waals surface area contributed by atoms with Gasteiger partial charge in [-0.05, 0) is 25.5 Å². The maximum Gasteiger partial charge on any atom is 0.141 e. The van der Waals surface area contributed by atoms with Crippen LogP contribution in [0.2, 0.25) is 0 Å². The average Bonchev–Trinajstić information content (AvgIpc) is 2.90. The quantitative estimate of drug-likeness (QED) is 0.872. The second kappa shape index (κ2) is 5.89. The van der Waals surface area contributed by atoms with Crippen molar-refractivity contribution in [3.8, 4) is 0 Å². The van der Waals surface area contributed by atoms with Crippen molar-refractivity contribution in [2.75, 3.05) is 31.6 Å². The van der Waals surface area contributed by atoms with E-state index in [1.807, 2.05) is 0 Å². The Hall–Kier alpha value is -1.20. The minimum Gasteiger partial charge on any atom is -0.350 e. The van der Waals surface area contributed by atoms with Crippen LogP contribution in [0.15, 0.2) is 12.4 Å². The third-order valence-electron chi connectivity index (χ3n) is 4.37. The van der Waals surface area contributed by atoms with Gasteiger partial charge in [0, 0.05) is 30.6 Å². The summed E-state index contributed by atoms with van der Waals surface area (Å²) in [7, 11) is 2.21. The lowest BCUT2D eigenvalue weighted by Gasteiger charge is -2.43. The van der Waals surface area contributed by atoms with E-state index in [0.717, 1.165) is 36.7 Å². The van der Waals surface area contributed by atoms with Crippen molar-refractivity contribution >= 4 is 27.4 Å². The molecule has 1 fully saturated rings. The molecule has 0 aromatic carbocycles. The first kappa shape index (κ1) is 14.7.